The first-order chi connectivity index (χ1) is 14.9. The summed E-state index contributed by atoms with van der Waals surface area (Å²) >= 11 is 0. The highest BCUT2D eigenvalue weighted by Gasteiger charge is 2.16. The van der Waals surface area contributed by atoms with Gasteiger partial charge in [0.1, 0.15) is 23.7 Å². The van der Waals surface area contributed by atoms with Gasteiger partial charge in [0.05, 0.1) is 5.69 Å². The highest BCUT2D eigenvalue weighted by Crippen LogP contribution is 2.20. The molecule has 0 bridgehead atoms. The molecule has 7 nitrogen and oxygen atoms in total. The molecule has 4 rings (SSSR count). The number of amides is 1. The van der Waals surface area contributed by atoms with E-state index < -0.39 is 23.1 Å². The molecule has 1 amide bonds. The summed E-state index contributed by atoms with van der Waals surface area (Å²) in [7, 11) is 0. The Morgan fingerprint density at radius 1 is 1.13 bits per heavy atom. The molecule has 0 fully saturated rings. The number of hydrogen-bond donors (Lipinski definition) is 1. The smallest absolute Gasteiger partial charge is 0.263 e. The molecular weight excluding hydrogens is 406 g/mol. The number of halogens is 2. The van der Waals surface area contributed by atoms with Crippen LogP contribution in [0.15, 0.2) is 70.1 Å². The van der Waals surface area contributed by atoms with Gasteiger partial charge in [-0.25, -0.2) is 8.78 Å². The number of aryl methyl sites for hydroxylation is 1. The van der Waals surface area contributed by atoms with E-state index in [1.54, 1.807) is 6.07 Å². The van der Waals surface area contributed by atoms with Crippen molar-refractivity contribution < 1.29 is 18.1 Å². The Balaban J connectivity index is 1.55. The maximum absolute atomic E-state index is 13.7. The number of nitrogens with zero attached hydrogens (tertiary/aromatic N) is 3. The maximum atomic E-state index is 13.7. The SMILES string of the molecule is Cc1ccc(-c2noc(-c3cccn(CC(=O)Nc4ccc(F)cc4F)c3=O)n2)cc1. The maximum Gasteiger partial charge on any atom is 0.263 e. The Hall–Kier alpha value is -4.14. The fraction of sp³-hybridized carbons (Fsp3) is 0.0909. The number of carbonyl (C=O) groups is 1. The van der Waals surface area contributed by atoms with Crippen molar-refractivity contribution in [1.29, 1.82) is 0 Å². The van der Waals surface area contributed by atoms with Crippen molar-refractivity contribution in [2.24, 2.45) is 0 Å². The first-order valence-electron chi connectivity index (χ1n) is 9.26. The summed E-state index contributed by atoms with van der Waals surface area (Å²) in [6, 6.07) is 13.3. The predicted molar refractivity (Wildman–Crippen MR) is 109 cm³/mol. The van der Waals surface area contributed by atoms with Gasteiger partial charge in [-0.15, -0.1) is 0 Å². The molecule has 9 heteroatoms. The predicted octanol–water partition coefficient (Wildman–Crippen LogP) is 3.79. The molecule has 1 N–H and O–H groups in total. The van der Waals surface area contributed by atoms with Gasteiger partial charge >= 0.3 is 0 Å². The third-order valence-electron chi connectivity index (χ3n) is 4.51. The highest BCUT2D eigenvalue weighted by atomic mass is 19.1. The molecule has 4 aromatic rings. The van der Waals surface area contributed by atoms with Crippen LogP contribution in [0.4, 0.5) is 14.5 Å². The van der Waals surface area contributed by atoms with Crippen LogP contribution in [0.1, 0.15) is 5.56 Å². The van der Waals surface area contributed by atoms with E-state index >= 15 is 0 Å². The average Bonchev–Trinajstić information content (AvgIpc) is 3.22. The Kier molecular flexibility index (Phi) is 5.40. The molecule has 31 heavy (non-hydrogen) atoms. The van der Waals surface area contributed by atoms with Crippen LogP contribution in [0, 0.1) is 18.6 Å². The molecule has 0 saturated heterocycles. The van der Waals surface area contributed by atoms with E-state index in [9.17, 15) is 18.4 Å². The number of anilines is 1. The van der Waals surface area contributed by atoms with Gasteiger partial charge in [0.15, 0.2) is 0 Å². The standard InChI is InChI=1S/C22H16F2N4O3/c1-13-4-6-14(7-5-13)20-26-21(31-27-20)16-3-2-10-28(22(16)30)12-19(29)25-18-9-8-15(23)11-17(18)24/h2-11H,12H2,1H3,(H,25,29). The molecule has 0 unspecified atom stereocenters. The molecule has 0 atom stereocenters. The van der Waals surface area contributed by atoms with E-state index in [-0.39, 0.29) is 23.7 Å². The van der Waals surface area contributed by atoms with Gasteiger partial charge < -0.3 is 14.4 Å². The Morgan fingerprint density at radius 2 is 1.90 bits per heavy atom. The van der Waals surface area contributed by atoms with Crippen LogP contribution >= 0.6 is 0 Å². The van der Waals surface area contributed by atoms with Crippen molar-refractivity contribution in [3.63, 3.8) is 0 Å². The van der Waals surface area contributed by atoms with Gasteiger partial charge in [0.2, 0.25) is 11.7 Å². The largest absolute Gasteiger partial charge is 0.333 e. The second-order valence-electron chi connectivity index (χ2n) is 6.82. The molecular formula is C22H16F2N4O3. The van der Waals surface area contributed by atoms with E-state index in [0.717, 1.165) is 27.8 Å². The Labute approximate surface area is 175 Å². The number of carbonyl (C=O) groups excluding carboxylic acids is 1. The molecule has 2 aromatic carbocycles. The highest BCUT2D eigenvalue weighted by molar-refractivity contribution is 5.90. The summed E-state index contributed by atoms with van der Waals surface area (Å²) in [6.07, 6.45) is 1.41. The van der Waals surface area contributed by atoms with E-state index in [1.165, 1.54) is 12.3 Å². The molecule has 0 saturated carbocycles. The van der Waals surface area contributed by atoms with Crippen LogP contribution in [0.3, 0.4) is 0 Å². The molecule has 0 aliphatic heterocycles. The van der Waals surface area contributed by atoms with Crippen molar-refractivity contribution in [2.75, 3.05) is 5.32 Å². The fourth-order valence-electron chi connectivity index (χ4n) is 2.91. The summed E-state index contributed by atoms with van der Waals surface area (Å²) in [5.41, 5.74) is 1.22. The van der Waals surface area contributed by atoms with Gasteiger partial charge in [-0.1, -0.05) is 35.0 Å². The number of nitrogens with one attached hydrogen (secondary N) is 1. The van der Waals surface area contributed by atoms with Crippen LogP contribution in [0.25, 0.3) is 22.8 Å². The molecule has 2 heterocycles. The van der Waals surface area contributed by atoms with E-state index in [0.29, 0.717) is 11.9 Å². The second kappa shape index (κ2) is 8.31. The molecule has 2 aromatic heterocycles. The lowest BCUT2D eigenvalue weighted by Gasteiger charge is -2.09. The lowest BCUT2D eigenvalue weighted by Crippen LogP contribution is -2.28. The van der Waals surface area contributed by atoms with Crippen molar-refractivity contribution in [3.05, 3.63) is 88.3 Å². The Bertz CT molecular complexity index is 1310. The van der Waals surface area contributed by atoms with Gasteiger partial charge in [-0.3, -0.25) is 9.59 Å². The van der Waals surface area contributed by atoms with Crippen molar-refractivity contribution in [3.8, 4) is 22.8 Å². The van der Waals surface area contributed by atoms with Crippen LogP contribution < -0.4 is 10.9 Å². The third kappa shape index (κ3) is 4.40. The number of pyridine rings is 1. The summed E-state index contributed by atoms with van der Waals surface area (Å²) in [5, 5.41) is 6.22. The first kappa shape index (κ1) is 20.1. The zero-order valence-electron chi connectivity index (χ0n) is 16.3. The number of benzene rings is 2. The van der Waals surface area contributed by atoms with Crippen LogP contribution in [0.5, 0.6) is 0 Å². The first-order valence-corrected chi connectivity index (χ1v) is 9.26. The number of hydrogen-bond acceptors (Lipinski definition) is 5. The minimum Gasteiger partial charge on any atom is -0.333 e. The summed E-state index contributed by atoms with van der Waals surface area (Å²) < 4.78 is 33.1. The van der Waals surface area contributed by atoms with Crippen LogP contribution in [-0.4, -0.2) is 20.6 Å². The summed E-state index contributed by atoms with van der Waals surface area (Å²) in [6.45, 7) is 1.57. The minimum atomic E-state index is -0.913. The van der Waals surface area contributed by atoms with Crippen LogP contribution in [0.2, 0.25) is 0 Å². The molecule has 0 aliphatic rings. The summed E-state index contributed by atoms with van der Waals surface area (Å²) in [4.78, 5) is 29.3. The van der Waals surface area contributed by atoms with Gasteiger partial charge in [0, 0.05) is 17.8 Å². The Morgan fingerprint density at radius 3 is 2.65 bits per heavy atom. The zero-order valence-corrected chi connectivity index (χ0v) is 16.3. The average molecular weight is 422 g/mol. The minimum absolute atomic E-state index is 0.0138. The number of aromatic nitrogens is 3. The third-order valence-corrected chi connectivity index (χ3v) is 4.51. The second-order valence-corrected chi connectivity index (χ2v) is 6.82. The summed E-state index contributed by atoms with van der Waals surface area (Å²) in [5.74, 6) is -1.99. The van der Waals surface area contributed by atoms with Crippen molar-refractivity contribution in [2.45, 2.75) is 13.5 Å². The van der Waals surface area contributed by atoms with E-state index in [4.69, 9.17) is 4.52 Å². The van der Waals surface area contributed by atoms with Crippen molar-refractivity contribution in [1.82, 2.24) is 14.7 Å². The molecule has 156 valence electrons. The normalized spacial score (nSPS) is 10.8. The zero-order chi connectivity index (χ0) is 22.0. The van der Waals surface area contributed by atoms with Gasteiger partial charge in [-0.2, -0.15) is 4.98 Å². The molecule has 0 spiro atoms. The van der Waals surface area contributed by atoms with E-state index in [1.807, 2.05) is 31.2 Å². The fourth-order valence-corrected chi connectivity index (χ4v) is 2.91. The van der Waals surface area contributed by atoms with Crippen molar-refractivity contribution >= 4 is 11.6 Å². The van der Waals surface area contributed by atoms with Gasteiger partial charge in [0.25, 0.3) is 11.4 Å². The lowest BCUT2D eigenvalue weighted by molar-refractivity contribution is -0.116. The monoisotopic (exact) mass is 422 g/mol. The van der Waals surface area contributed by atoms with Crippen LogP contribution in [-0.2, 0) is 11.3 Å². The van der Waals surface area contributed by atoms with E-state index in [2.05, 4.69) is 15.5 Å². The quantitative estimate of drug-likeness (QED) is 0.529. The topological polar surface area (TPSA) is 90.0 Å². The lowest BCUT2D eigenvalue weighted by atomic mass is 10.1. The number of rotatable bonds is 5. The molecule has 0 aliphatic carbocycles. The molecule has 0 radical (unpaired) electrons. The van der Waals surface area contributed by atoms with Gasteiger partial charge in [-0.05, 0) is 31.2 Å².